The van der Waals surface area contributed by atoms with Gasteiger partial charge in [-0.15, -0.1) is 10.2 Å². The number of nitrogens with zero attached hydrogens (tertiary/aromatic N) is 5. The van der Waals surface area contributed by atoms with Crippen molar-refractivity contribution in [1.82, 2.24) is 14.9 Å². The van der Waals surface area contributed by atoms with Gasteiger partial charge in [0.15, 0.2) is 4.87 Å². The topological polar surface area (TPSA) is 200 Å². The molecule has 19 heteroatoms. The second kappa shape index (κ2) is 11.6. The van der Waals surface area contributed by atoms with Crippen molar-refractivity contribution in [2.24, 2.45) is 0 Å². The Labute approximate surface area is 215 Å². The van der Waals surface area contributed by atoms with Gasteiger partial charge in [0.2, 0.25) is 10.6 Å². The van der Waals surface area contributed by atoms with Crippen LogP contribution < -0.4 is 5.43 Å². The lowest BCUT2D eigenvalue weighted by Gasteiger charge is -2.41. The first-order valence-electron chi connectivity index (χ1n) is 11.1. The average molecular weight is 580 g/mol. The number of hydrogen-bond acceptors (Lipinski definition) is 14. The average Bonchev–Trinajstić information content (AvgIpc) is 3.39. The zero-order chi connectivity index (χ0) is 27.4. The van der Waals surface area contributed by atoms with E-state index in [0.29, 0.717) is 0 Å². The predicted molar refractivity (Wildman–Crippen MR) is 132 cm³/mol. The zero-order valence-corrected chi connectivity index (χ0v) is 22.9. The van der Waals surface area contributed by atoms with Gasteiger partial charge in [0, 0.05) is 6.07 Å². The maximum atomic E-state index is 14.5. The molecule has 37 heavy (non-hydrogen) atoms. The van der Waals surface area contributed by atoms with E-state index in [-0.39, 0.29) is 37.1 Å². The van der Waals surface area contributed by atoms with Crippen LogP contribution in [0.4, 0.5) is 11.4 Å². The lowest BCUT2D eigenvalue weighted by Crippen LogP contribution is -2.45. The molecule has 1 aromatic heterocycles. The van der Waals surface area contributed by atoms with Crippen molar-refractivity contribution in [2.45, 2.75) is 43.1 Å². The molecule has 3 rings (SSSR count). The molecule has 1 aromatic carbocycles. The van der Waals surface area contributed by atoms with E-state index in [9.17, 15) is 29.4 Å². The van der Waals surface area contributed by atoms with Crippen LogP contribution in [0.2, 0.25) is 0 Å². The quantitative estimate of drug-likeness (QED) is 0.186. The van der Waals surface area contributed by atoms with E-state index in [1.54, 1.807) is 27.7 Å². The first-order valence-corrected chi connectivity index (χ1v) is 15.1. The summed E-state index contributed by atoms with van der Waals surface area (Å²) in [7, 11) is -8.98. The van der Waals surface area contributed by atoms with Crippen LogP contribution in [0.25, 0.3) is 0 Å². The lowest BCUT2D eigenvalue weighted by molar-refractivity contribution is -0.394. The van der Waals surface area contributed by atoms with Crippen LogP contribution in [0.15, 0.2) is 29.7 Å². The van der Waals surface area contributed by atoms with Crippen molar-refractivity contribution >= 4 is 38.3 Å². The van der Waals surface area contributed by atoms with E-state index in [4.69, 9.17) is 18.1 Å². The first kappa shape index (κ1) is 29.2. The van der Waals surface area contributed by atoms with E-state index in [1.165, 1.54) is 11.0 Å². The number of nitrogens with one attached hydrogen (secondary N) is 1. The number of aromatic nitrogens is 3. The highest BCUT2D eigenvalue weighted by Gasteiger charge is 2.67. The van der Waals surface area contributed by atoms with Gasteiger partial charge >= 0.3 is 15.2 Å². The van der Waals surface area contributed by atoms with E-state index in [0.717, 1.165) is 30.0 Å². The molecule has 0 fully saturated rings. The molecule has 2 heterocycles. The molecule has 0 radical (unpaired) electrons. The van der Waals surface area contributed by atoms with Crippen molar-refractivity contribution in [3.05, 3.63) is 50.3 Å². The number of thioether (sulfide) groups is 1. The summed E-state index contributed by atoms with van der Waals surface area (Å²) >= 11 is 0.794. The second-order valence-corrected chi connectivity index (χ2v) is 13.1. The molecular formula is C18H26N6O10P2S. The van der Waals surface area contributed by atoms with Gasteiger partial charge in [-0.2, -0.15) is 0 Å². The fourth-order valence-corrected chi connectivity index (χ4v) is 11.7. The van der Waals surface area contributed by atoms with E-state index >= 15 is 0 Å². The largest absolute Gasteiger partial charge is 0.349 e. The Balaban J connectivity index is 2.45. The zero-order valence-electron chi connectivity index (χ0n) is 20.3. The third-order valence-corrected chi connectivity index (χ3v) is 12.9. The van der Waals surface area contributed by atoms with Gasteiger partial charge < -0.3 is 18.1 Å². The maximum absolute atomic E-state index is 14.5. The first-order chi connectivity index (χ1) is 17.5. The molecule has 1 aliphatic rings. The normalized spacial score (nSPS) is 17.5. The predicted octanol–water partition coefficient (Wildman–Crippen LogP) is 4.46. The molecule has 0 saturated heterocycles. The third-order valence-electron chi connectivity index (χ3n) is 5.04. The summed E-state index contributed by atoms with van der Waals surface area (Å²) in [5.74, 6) is 0. The summed E-state index contributed by atoms with van der Waals surface area (Å²) in [4.78, 5) is 19.9. The SMILES string of the molecule is CCOP(=O)(OCC)C(C1(c2ccc([N+](=O)[O-])cc2[N+](=O)[O-])Nn2cnnc2S1)P(=O)(OCC)OCC. The fourth-order valence-electron chi connectivity index (χ4n) is 3.88. The summed E-state index contributed by atoms with van der Waals surface area (Å²) in [6.07, 6.45) is 1.25. The van der Waals surface area contributed by atoms with Gasteiger partial charge in [0.05, 0.1) is 47.9 Å². The lowest BCUT2D eigenvalue weighted by atomic mass is 10.0. The Kier molecular flexibility index (Phi) is 9.11. The number of benzene rings is 1. The van der Waals surface area contributed by atoms with Crippen molar-refractivity contribution in [2.75, 3.05) is 31.9 Å². The van der Waals surface area contributed by atoms with E-state index in [2.05, 4.69) is 15.6 Å². The molecule has 0 saturated carbocycles. The van der Waals surface area contributed by atoms with Crippen LogP contribution in [0.1, 0.15) is 33.3 Å². The number of nitro groups is 2. The number of nitro benzene ring substituents is 2. The van der Waals surface area contributed by atoms with Crippen molar-refractivity contribution < 1.29 is 37.1 Å². The van der Waals surface area contributed by atoms with Gasteiger partial charge in [-0.3, -0.25) is 34.8 Å². The van der Waals surface area contributed by atoms with Gasteiger partial charge in [-0.05, 0) is 45.5 Å². The molecule has 1 aliphatic heterocycles. The van der Waals surface area contributed by atoms with Gasteiger partial charge in [-0.1, -0.05) is 0 Å². The molecule has 16 nitrogen and oxygen atoms in total. The maximum Gasteiger partial charge on any atom is 0.349 e. The van der Waals surface area contributed by atoms with Gasteiger partial charge in [0.25, 0.3) is 11.4 Å². The van der Waals surface area contributed by atoms with Crippen molar-refractivity contribution in [1.29, 1.82) is 0 Å². The Morgan fingerprint density at radius 1 is 1.00 bits per heavy atom. The van der Waals surface area contributed by atoms with Crippen molar-refractivity contribution in [3.8, 4) is 0 Å². The number of rotatable bonds is 14. The van der Waals surface area contributed by atoms with Crippen LogP contribution in [-0.4, -0.2) is 56.5 Å². The molecule has 204 valence electrons. The van der Waals surface area contributed by atoms with Gasteiger partial charge in [0.1, 0.15) is 6.33 Å². The highest BCUT2D eigenvalue weighted by atomic mass is 32.2. The highest BCUT2D eigenvalue weighted by molar-refractivity contribution is 8.01. The minimum Gasteiger partial charge on any atom is -0.308 e. The number of fused-ring (bicyclic) bond motifs is 1. The Bertz CT molecular complexity index is 1190. The van der Waals surface area contributed by atoms with E-state index < -0.39 is 46.7 Å². The van der Waals surface area contributed by atoms with Crippen molar-refractivity contribution in [3.63, 3.8) is 0 Å². The Morgan fingerprint density at radius 3 is 1.97 bits per heavy atom. The standard InChI is InChI=1S/C18H26N6O10P2S/c1-5-31-35(29,32-6-2)16(36(30,33-7-3)34-8-4)18(21-22-12-19-20-17(22)37-18)14-10-9-13(23(25)26)11-15(14)24(27)28/h9-12,16,21H,5-8H2,1-4H3. The summed E-state index contributed by atoms with van der Waals surface area (Å²) < 4.78 is 52.6. The monoisotopic (exact) mass is 580 g/mol. The molecule has 0 bridgehead atoms. The third kappa shape index (κ3) is 5.43. The molecule has 2 aromatic rings. The van der Waals surface area contributed by atoms with Crippen LogP contribution in [0.5, 0.6) is 0 Å². The molecular weight excluding hydrogens is 554 g/mol. The molecule has 1 N–H and O–H groups in total. The Morgan fingerprint density at radius 2 is 1.54 bits per heavy atom. The number of hydrogen-bond donors (Lipinski definition) is 1. The summed E-state index contributed by atoms with van der Waals surface area (Å²) in [6, 6.07) is 2.92. The second-order valence-electron chi connectivity index (χ2n) is 7.27. The minimum absolute atomic E-state index is 0.138. The van der Waals surface area contributed by atoms with E-state index in [1.807, 2.05) is 0 Å². The smallest absolute Gasteiger partial charge is 0.308 e. The Hall–Kier alpha value is -2.39. The summed E-state index contributed by atoms with van der Waals surface area (Å²) in [5.41, 5.74) is 1.46. The fraction of sp³-hybridized carbons (Fsp3) is 0.556. The summed E-state index contributed by atoms with van der Waals surface area (Å²) in [6.45, 7) is 5.62. The number of non-ortho nitro benzene ring substituents is 1. The highest BCUT2D eigenvalue weighted by Crippen LogP contribution is 2.78. The van der Waals surface area contributed by atoms with Crippen LogP contribution in [0, 0.1) is 20.2 Å². The summed E-state index contributed by atoms with van der Waals surface area (Å²) in [5, 5.41) is 29.6. The molecule has 1 unspecified atom stereocenters. The van der Waals surface area contributed by atoms with Crippen LogP contribution in [-0.2, 0) is 32.1 Å². The molecule has 0 amide bonds. The molecule has 0 spiro atoms. The molecule has 0 aliphatic carbocycles. The van der Waals surface area contributed by atoms with Crippen LogP contribution in [0.3, 0.4) is 0 Å². The molecule has 1 atom stereocenters. The minimum atomic E-state index is -4.49. The van der Waals surface area contributed by atoms with Crippen LogP contribution >= 0.6 is 27.0 Å². The van der Waals surface area contributed by atoms with Gasteiger partial charge in [-0.25, -0.2) is 4.68 Å².